The zero-order chi connectivity index (χ0) is 14.5. The summed E-state index contributed by atoms with van der Waals surface area (Å²) >= 11 is 0. The van der Waals surface area contributed by atoms with Crippen molar-refractivity contribution in [2.45, 2.75) is 38.5 Å². The molecule has 1 heterocycles. The lowest BCUT2D eigenvalue weighted by Crippen LogP contribution is -2.44. The first-order valence-electron chi connectivity index (χ1n) is 7.33. The van der Waals surface area contributed by atoms with Gasteiger partial charge < -0.3 is 15.7 Å². The van der Waals surface area contributed by atoms with Crippen molar-refractivity contribution in [1.29, 1.82) is 0 Å². The van der Waals surface area contributed by atoms with Gasteiger partial charge in [0.15, 0.2) is 0 Å². The molecule has 0 spiro atoms. The van der Waals surface area contributed by atoms with Crippen LogP contribution in [0.25, 0.3) is 0 Å². The Morgan fingerprint density at radius 3 is 2.40 bits per heavy atom. The van der Waals surface area contributed by atoms with Crippen LogP contribution in [-0.2, 0) is 14.4 Å². The van der Waals surface area contributed by atoms with Crippen LogP contribution >= 0.6 is 0 Å². The molecule has 20 heavy (non-hydrogen) atoms. The Labute approximate surface area is 118 Å². The van der Waals surface area contributed by atoms with Crippen molar-refractivity contribution in [2.24, 2.45) is 17.8 Å². The van der Waals surface area contributed by atoms with Crippen LogP contribution in [0.15, 0.2) is 0 Å². The number of amides is 2. The van der Waals surface area contributed by atoms with Gasteiger partial charge in [0, 0.05) is 19.5 Å². The predicted molar refractivity (Wildman–Crippen MR) is 71.8 cm³/mol. The first-order valence-corrected chi connectivity index (χ1v) is 7.33. The third-order valence-corrected chi connectivity index (χ3v) is 4.40. The van der Waals surface area contributed by atoms with E-state index >= 15 is 0 Å². The summed E-state index contributed by atoms with van der Waals surface area (Å²) in [4.78, 5) is 33.9. The molecule has 2 fully saturated rings. The predicted octanol–water partition coefficient (Wildman–Crippen LogP) is 0.520. The molecule has 2 aliphatic rings. The summed E-state index contributed by atoms with van der Waals surface area (Å²) < 4.78 is 0. The number of nitrogens with one attached hydrogen (secondary N) is 2. The molecular formula is C14H22N2O4. The molecule has 1 unspecified atom stereocenters. The normalized spacial score (nSPS) is 30.4. The lowest BCUT2D eigenvalue weighted by atomic mass is 9.82. The van der Waals surface area contributed by atoms with Gasteiger partial charge in [-0.25, -0.2) is 0 Å². The second kappa shape index (κ2) is 6.72. The smallest absolute Gasteiger partial charge is 0.306 e. The van der Waals surface area contributed by atoms with Crippen molar-refractivity contribution in [3.8, 4) is 0 Å². The summed E-state index contributed by atoms with van der Waals surface area (Å²) in [6.07, 6.45) is 4.16. The fraction of sp³-hybridized carbons (Fsp3) is 0.786. The molecule has 1 aliphatic carbocycles. The molecule has 3 N–H and O–H groups in total. The van der Waals surface area contributed by atoms with Crippen LogP contribution in [0.1, 0.15) is 38.5 Å². The number of aliphatic carboxylic acids is 1. The number of carboxylic acids is 1. The fourth-order valence-electron chi connectivity index (χ4n) is 2.96. The third-order valence-electron chi connectivity index (χ3n) is 4.40. The summed E-state index contributed by atoms with van der Waals surface area (Å²) in [7, 11) is 0. The van der Waals surface area contributed by atoms with E-state index < -0.39 is 5.97 Å². The molecule has 0 aromatic heterocycles. The van der Waals surface area contributed by atoms with Crippen molar-refractivity contribution in [3.05, 3.63) is 0 Å². The molecule has 112 valence electrons. The minimum Gasteiger partial charge on any atom is -0.481 e. The highest BCUT2D eigenvalue weighted by atomic mass is 16.4. The number of hydrogen-bond acceptors (Lipinski definition) is 3. The molecule has 1 aliphatic heterocycles. The summed E-state index contributed by atoms with van der Waals surface area (Å²) in [5.41, 5.74) is 0. The Morgan fingerprint density at radius 1 is 1.15 bits per heavy atom. The summed E-state index contributed by atoms with van der Waals surface area (Å²) in [5.74, 6) is -0.636. The van der Waals surface area contributed by atoms with Crippen molar-refractivity contribution >= 4 is 17.8 Å². The number of carboxylic acid groups (broad SMARTS) is 1. The molecule has 0 bridgehead atoms. The number of piperidine rings is 1. The van der Waals surface area contributed by atoms with Gasteiger partial charge >= 0.3 is 5.97 Å². The Bertz CT molecular complexity index is 379. The van der Waals surface area contributed by atoms with Gasteiger partial charge in [-0.1, -0.05) is 0 Å². The van der Waals surface area contributed by atoms with Crippen molar-refractivity contribution in [2.75, 3.05) is 13.1 Å². The van der Waals surface area contributed by atoms with Gasteiger partial charge in [-0.2, -0.15) is 0 Å². The van der Waals surface area contributed by atoms with Crippen molar-refractivity contribution in [1.82, 2.24) is 10.6 Å². The van der Waals surface area contributed by atoms with Crippen LogP contribution in [0, 0.1) is 17.8 Å². The molecule has 6 heteroatoms. The van der Waals surface area contributed by atoms with Gasteiger partial charge in [-0.3, -0.25) is 14.4 Å². The Morgan fingerprint density at radius 2 is 1.85 bits per heavy atom. The van der Waals surface area contributed by atoms with Crippen molar-refractivity contribution < 1.29 is 19.5 Å². The molecule has 0 aromatic carbocycles. The summed E-state index contributed by atoms with van der Waals surface area (Å²) in [5, 5.41) is 14.6. The van der Waals surface area contributed by atoms with Gasteiger partial charge in [0.25, 0.3) is 0 Å². The second-order valence-corrected chi connectivity index (χ2v) is 5.84. The van der Waals surface area contributed by atoms with Crippen LogP contribution < -0.4 is 10.6 Å². The maximum Gasteiger partial charge on any atom is 0.306 e. The van der Waals surface area contributed by atoms with E-state index in [0.717, 1.165) is 12.8 Å². The third kappa shape index (κ3) is 3.95. The van der Waals surface area contributed by atoms with Gasteiger partial charge in [-0.15, -0.1) is 0 Å². The standard InChI is InChI=1S/C14H22N2O4/c17-12-6-5-11(8-15-12)13(18)16-7-9-1-3-10(4-2-9)14(19)20/h9-11H,1-8H2,(H,15,17)(H,16,18)(H,19,20). The van der Waals surface area contributed by atoms with Crippen LogP contribution in [0.4, 0.5) is 0 Å². The van der Waals surface area contributed by atoms with Gasteiger partial charge in [0.1, 0.15) is 0 Å². The van der Waals surface area contributed by atoms with E-state index in [1.165, 1.54) is 0 Å². The minimum absolute atomic E-state index is 0.00496. The topological polar surface area (TPSA) is 95.5 Å². The van der Waals surface area contributed by atoms with Crippen LogP contribution in [0.2, 0.25) is 0 Å². The van der Waals surface area contributed by atoms with Crippen LogP contribution in [0.5, 0.6) is 0 Å². The molecular weight excluding hydrogens is 260 g/mol. The van der Waals surface area contributed by atoms with E-state index in [0.29, 0.717) is 44.7 Å². The van der Waals surface area contributed by atoms with Crippen LogP contribution in [0.3, 0.4) is 0 Å². The van der Waals surface area contributed by atoms with E-state index in [-0.39, 0.29) is 23.7 Å². The lowest BCUT2D eigenvalue weighted by molar-refractivity contribution is -0.143. The first-order chi connectivity index (χ1) is 9.56. The molecule has 1 atom stereocenters. The van der Waals surface area contributed by atoms with E-state index in [2.05, 4.69) is 10.6 Å². The highest BCUT2D eigenvalue weighted by Crippen LogP contribution is 2.28. The maximum absolute atomic E-state index is 12.0. The van der Waals surface area contributed by atoms with E-state index in [1.807, 2.05) is 0 Å². The SMILES string of the molecule is O=C1CCC(C(=O)NCC2CCC(C(=O)O)CC2)CN1. The molecule has 2 rings (SSSR count). The number of carbonyl (C=O) groups excluding carboxylic acids is 2. The Kier molecular flexibility index (Phi) is 4.98. The summed E-state index contributed by atoms with van der Waals surface area (Å²) in [6, 6.07) is 0. The second-order valence-electron chi connectivity index (χ2n) is 5.84. The number of rotatable bonds is 4. The fourth-order valence-corrected chi connectivity index (χ4v) is 2.96. The summed E-state index contributed by atoms with van der Waals surface area (Å²) in [6.45, 7) is 1.05. The molecule has 1 saturated carbocycles. The van der Waals surface area contributed by atoms with E-state index in [4.69, 9.17) is 5.11 Å². The van der Waals surface area contributed by atoms with E-state index in [9.17, 15) is 14.4 Å². The molecule has 1 saturated heterocycles. The lowest BCUT2D eigenvalue weighted by Gasteiger charge is -2.27. The van der Waals surface area contributed by atoms with Gasteiger partial charge in [-0.05, 0) is 38.0 Å². The molecule has 2 amide bonds. The first kappa shape index (κ1) is 14.8. The number of hydrogen-bond donors (Lipinski definition) is 3. The largest absolute Gasteiger partial charge is 0.481 e. The van der Waals surface area contributed by atoms with Crippen LogP contribution in [-0.4, -0.2) is 36.0 Å². The van der Waals surface area contributed by atoms with Gasteiger partial charge in [0.05, 0.1) is 11.8 Å². The minimum atomic E-state index is -0.703. The zero-order valence-corrected chi connectivity index (χ0v) is 11.6. The van der Waals surface area contributed by atoms with Gasteiger partial charge in [0.2, 0.25) is 11.8 Å². The molecule has 0 radical (unpaired) electrons. The Hall–Kier alpha value is -1.59. The van der Waals surface area contributed by atoms with Crippen molar-refractivity contribution in [3.63, 3.8) is 0 Å². The average Bonchev–Trinajstić information content (AvgIpc) is 2.46. The Balaban J connectivity index is 1.67. The maximum atomic E-state index is 12.0. The monoisotopic (exact) mass is 282 g/mol. The molecule has 0 aromatic rings. The zero-order valence-electron chi connectivity index (χ0n) is 11.6. The van der Waals surface area contributed by atoms with E-state index in [1.54, 1.807) is 0 Å². The average molecular weight is 282 g/mol. The highest BCUT2D eigenvalue weighted by molar-refractivity contribution is 5.83. The molecule has 6 nitrogen and oxygen atoms in total. The highest BCUT2D eigenvalue weighted by Gasteiger charge is 2.28. The number of carbonyl (C=O) groups is 3. The quantitative estimate of drug-likeness (QED) is 0.700.